The lowest BCUT2D eigenvalue weighted by molar-refractivity contribution is -0.919. The fourth-order valence-electron chi connectivity index (χ4n) is 3.27. The Labute approximate surface area is 124 Å². The molecule has 3 atom stereocenters. The van der Waals surface area contributed by atoms with E-state index < -0.39 is 0 Å². The lowest BCUT2D eigenvalue weighted by Crippen LogP contribution is -2.55. The zero-order valence-corrected chi connectivity index (χ0v) is 13.5. The summed E-state index contributed by atoms with van der Waals surface area (Å²) in [7, 11) is 2.31. The van der Waals surface area contributed by atoms with Crippen LogP contribution in [0.15, 0.2) is 0 Å². The van der Waals surface area contributed by atoms with Crippen LogP contribution in [-0.2, 0) is 14.2 Å². The molecule has 2 saturated heterocycles. The standard InChI is InChI=1S/C16H32NO3/c1-4-6-7-14(5-2)16-19-13-15(20-16)12-17(3)8-10-18-11-9-17/h14-16H,4-13H2,1-3H3/q+1/t14-,15+,16+/m0/s1. The zero-order valence-electron chi connectivity index (χ0n) is 13.5. The van der Waals surface area contributed by atoms with E-state index in [-0.39, 0.29) is 12.4 Å². The van der Waals surface area contributed by atoms with Crippen LogP contribution in [0.4, 0.5) is 0 Å². The average Bonchev–Trinajstić information content (AvgIpc) is 2.88. The molecule has 0 aromatic rings. The molecular weight excluding hydrogens is 254 g/mol. The number of hydrogen-bond donors (Lipinski definition) is 0. The quantitative estimate of drug-likeness (QED) is 0.673. The molecule has 0 spiro atoms. The van der Waals surface area contributed by atoms with Crippen molar-refractivity contribution in [2.45, 2.75) is 51.9 Å². The van der Waals surface area contributed by atoms with E-state index in [1.54, 1.807) is 0 Å². The van der Waals surface area contributed by atoms with Gasteiger partial charge in [0, 0.05) is 5.92 Å². The van der Waals surface area contributed by atoms with E-state index in [0.717, 1.165) is 50.4 Å². The van der Waals surface area contributed by atoms with Crippen LogP contribution in [0.2, 0.25) is 0 Å². The molecule has 0 unspecified atom stereocenters. The molecule has 2 aliphatic heterocycles. The van der Waals surface area contributed by atoms with Crippen LogP contribution in [0, 0.1) is 5.92 Å². The number of nitrogens with zero attached hydrogens (tertiary/aromatic N) is 1. The maximum atomic E-state index is 6.20. The highest BCUT2D eigenvalue weighted by molar-refractivity contribution is 4.72. The third-order valence-electron chi connectivity index (χ3n) is 4.81. The summed E-state index contributed by atoms with van der Waals surface area (Å²) in [6.45, 7) is 10.3. The molecule has 0 aromatic heterocycles. The molecule has 2 aliphatic rings. The first-order chi connectivity index (χ1) is 9.67. The van der Waals surface area contributed by atoms with Crippen molar-refractivity contribution in [1.29, 1.82) is 0 Å². The van der Waals surface area contributed by atoms with E-state index in [0.29, 0.717) is 5.92 Å². The summed E-state index contributed by atoms with van der Waals surface area (Å²) < 4.78 is 18.7. The molecule has 0 bridgehead atoms. The second kappa shape index (κ2) is 7.74. The van der Waals surface area contributed by atoms with Crippen molar-refractivity contribution in [2.75, 3.05) is 46.5 Å². The van der Waals surface area contributed by atoms with E-state index in [4.69, 9.17) is 14.2 Å². The molecule has 0 N–H and O–H groups in total. The SMILES string of the molecule is CCCC[C@H](CC)[C@@H]1OC[C@@H](C[N+]2(C)CCOCC2)O1. The summed E-state index contributed by atoms with van der Waals surface area (Å²) in [5.74, 6) is 0.565. The maximum Gasteiger partial charge on any atom is 0.161 e. The van der Waals surface area contributed by atoms with Crippen LogP contribution in [-0.4, -0.2) is 63.4 Å². The molecule has 0 saturated carbocycles. The van der Waals surface area contributed by atoms with E-state index in [1.165, 1.54) is 19.3 Å². The van der Waals surface area contributed by atoms with Crippen molar-refractivity contribution in [3.63, 3.8) is 0 Å². The monoisotopic (exact) mass is 286 g/mol. The lowest BCUT2D eigenvalue weighted by atomic mass is 9.99. The topological polar surface area (TPSA) is 27.7 Å². The van der Waals surface area contributed by atoms with Gasteiger partial charge in [0.05, 0.1) is 26.9 Å². The zero-order chi connectivity index (χ0) is 14.4. The van der Waals surface area contributed by atoms with Crippen molar-refractivity contribution in [1.82, 2.24) is 0 Å². The predicted molar refractivity (Wildman–Crippen MR) is 79.5 cm³/mol. The first kappa shape index (κ1) is 16.2. The Morgan fingerprint density at radius 3 is 2.60 bits per heavy atom. The number of morpholine rings is 1. The average molecular weight is 286 g/mol. The molecule has 2 fully saturated rings. The van der Waals surface area contributed by atoms with Crippen LogP contribution in [0.3, 0.4) is 0 Å². The van der Waals surface area contributed by atoms with Crippen molar-refractivity contribution in [3.8, 4) is 0 Å². The Balaban J connectivity index is 1.79. The molecule has 0 aromatic carbocycles. The Kier molecular flexibility index (Phi) is 6.27. The van der Waals surface area contributed by atoms with E-state index >= 15 is 0 Å². The molecule has 4 nitrogen and oxygen atoms in total. The summed E-state index contributed by atoms with van der Waals surface area (Å²) in [4.78, 5) is 0. The predicted octanol–water partition coefficient (Wildman–Crippen LogP) is 2.42. The Morgan fingerprint density at radius 2 is 1.95 bits per heavy atom. The van der Waals surface area contributed by atoms with Gasteiger partial charge in [0.1, 0.15) is 25.7 Å². The molecule has 0 aliphatic carbocycles. The smallest absolute Gasteiger partial charge is 0.161 e. The normalized spacial score (nSPS) is 31.4. The molecule has 118 valence electrons. The number of likely N-dealkylation sites (N-methyl/N-ethyl adjacent to an activating group) is 1. The second-order valence-electron chi connectivity index (χ2n) is 6.63. The van der Waals surface area contributed by atoms with Crippen molar-refractivity contribution in [2.24, 2.45) is 5.92 Å². The molecular formula is C16H32NO3+. The molecule has 0 amide bonds. The molecule has 20 heavy (non-hydrogen) atoms. The Morgan fingerprint density at radius 1 is 1.20 bits per heavy atom. The Bertz CT molecular complexity index is 279. The minimum atomic E-state index is 0.0317. The molecule has 2 rings (SSSR count). The van der Waals surface area contributed by atoms with Crippen LogP contribution in [0.5, 0.6) is 0 Å². The van der Waals surface area contributed by atoms with Gasteiger partial charge in [-0.3, -0.25) is 0 Å². The van der Waals surface area contributed by atoms with Gasteiger partial charge in [-0.05, 0) is 12.8 Å². The molecule has 4 heteroatoms. The summed E-state index contributed by atoms with van der Waals surface area (Å²) in [5.41, 5.74) is 0. The molecule has 0 radical (unpaired) electrons. The maximum absolute atomic E-state index is 6.20. The molecule has 2 heterocycles. The van der Waals surface area contributed by atoms with Gasteiger partial charge in [-0.15, -0.1) is 0 Å². The van der Waals surface area contributed by atoms with Crippen molar-refractivity contribution < 1.29 is 18.7 Å². The van der Waals surface area contributed by atoms with Gasteiger partial charge in [0.25, 0.3) is 0 Å². The summed E-state index contributed by atoms with van der Waals surface area (Å²) in [6.07, 6.45) is 5.20. The highest BCUT2D eigenvalue weighted by atomic mass is 16.7. The van der Waals surface area contributed by atoms with E-state index in [9.17, 15) is 0 Å². The van der Waals surface area contributed by atoms with Gasteiger partial charge in [-0.1, -0.05) is 26.7 Å². The number of ether oxygens (including phenoxy) is 3. The number of rotatable bonds is 7. The fourth-order valence-corrected chi connectivity index (χ4v) is 3.27. The fraction of sp³-hybridized carbons (Fsp3) is 1.00. The second-order valence-corrected chi connectivity index (χ2v) is 6.63. The third-order valence-corrected chi connectivity index (χ3v) is 4.81. The van der Waals surface area contributed by atoms with Gasteiger partial charge < -0.3 is 18.7 Å². The number of unbranched alkanes of at least 4 members (excludes halogenated alkanes) is 1. The summed E-state index contributed by atoms with van der Waals surface area (Å²) in [5, 5.41) is 0. The van der Waals surface area contributed by atoms with Gasteiger partial charge in [0.2, 0.25) is 0 Å². The largest absolute Gasteiger partial charge is 0.370 e. The van der Waals surface area contributed by atoms with Crippen LogP contribution in [0.1, 0.15) is 39.5 Å². The lowest BCUT2D eigenvalue weighted by Gasteiger charge is -2.38. The number of hydrogen-bond acceptors (Lipinski definition) is 3. The minimum absolute atomic E-state index is 0.0317. The first-order valence-electron chi connectivity index (χ1n) is 8.35. The third kappa shape index (κ3) is 4.42. The summed E-state index contributed by atoms with van der Waals surface area (Å²) in [6, 6.07) is 0. The summed E-state index contributed by atoms with van der Waals surface area (Å²) >= 11 is 0. The highest BCUT2D eigenvalue weighted by Gasteiger charge is 2.37. The highest BCUT2D eigenvalue weighted by Crippen LogP contribution is 2.27. The van der Waals surface area contributed by atoms with Crippen LogP contribution >= 0.6 is 0 Å². The van der Waals surface area contributed by atoms with Crippen molar-refractivity contribution in [3.05, 3.63) is 0 Å². The van der Waals surface area contributed by atoms with Crippen molar-refractivity contribution >= 4 is 0 Å². The number of quaternary nitrogens is 1. The van der Waals surface area contributed by atoms with Gasteiger partial charge in [-0.25, -0.2) is 0 Å². The van der Waals surface area contributed by atoms with Crippen LogP contribution in [0.25, 0.3) is 0 Å². The Hall–Kier alpha value is -0.160. The van der Waals surface area contributed by atoms with Crippen LogP contribution < -0.4 is 0 Å². The van der Waals surface area contributed by atoms with Gasteiger partial charge >= 0.3 is 0 Å². The van der Waals surface area contributed by atoms with Gasteiger partial charge in [0.15, 0.2) is 6.29 Å². The van der Waals surface area contributed by atoms with E-state index in [2.05, 4.69) is 20.9 Å². The van der Waals surface area contributed by atoms with E-state index in [1.807, 2.05) is 0 Å². The first-order valence-corrected chi connectivity index (χ1v) is 8.35. The van der Waals surface area contributed by atoms with Gasteiger partial charge in [-0.2, -0.15) is 0 Å². The minimum Gasteiger partial charge on any atom is -0.370 e.